The van der Waals surface area contributed by atoms with Crippen LogP contribution in [0.15, 0.2) is 0 Å². The molecule has 0 fully saturated rings. The van der Waals surface area contributed by atoms with Gasteiger partial charge in [0.1, 0.15) is 0 Å². The Morgan fingerprint density at radius 1 is 0.765 bits per heavy atom. The van der Waals surface area contributed by atoms with Crippen molar-refractivity contribution >= 4 is 0 Å². The fraction of sp³-hybridized carbons (Fsp3) is 1.00. The van der Waals surface area contributed by atoms with E-state index < -0.39 is 16.6 Å². The molecule has 0 bridgehead atoms. The van der Waals surface area contributed by atoms with Gasteiger partial charge in [0, 0.05) is 13.2 Å². The van der Waals surface area contributed by atoms with Crippen LogP contribution in [0.1, 0.15) is 65.2 Å². The molecule has 0 spiro atoms. The van der Waals surface area contributed by atoms with E-state index in [4.69, 9.17) is 17.9 Å². The Morgan fingerprint density at radius 3 is 1.24 bits per heavy atom. The van der Waals surface area contributed by atoms with Crippen LogP contribution < -0.4 is 0 Å². The van der Waals surface area contributed by atoms with Gasteiger partial charge in [-0.2, -0.15) is 0 Å². The molecule has 0 amide bonds. The van der Waals surface area contributed by atoms with Gasteiger partial charge < -0.3 is 10.2 Å². The number of unbranched alkanes of at least 4 members (excludes halogenated alkanes) is 6. The number of aliphatic hydroxyl groups excluding tert-OH is 2. The Bertz CT molecular complexity index is 94.7. The average Bonchev–Trinajstić information content (AvgIpc) is 2.32. The summed E-state index contributed by atoms with van der Waals surface area (Å²) in [5, 5.41) is 16.6. The van der Waals surface area contributed by atoms with Crippen LogP contribution in [0, 0.1) is 0 Å². The number of aliphatic hydroxyl groups is 2. The summed E-state index contributed by atoms with van der Waals surface area (Å²) in [5.41, 5.74) is 0. The van der Waals surface area contributed by atoms with Crippen LogP contribution in [0.2, 0.25) is 0 Å². The fourth-order valence-corrected chi connectivity index (χ4v) is 1.08. The van der Waals surface area contributed by atoms with E-state index in [1.165, 1.54) is 38.5 Å². The van der Waals surface area contributed by atoms with Crippen LogP contribution in [0.25, 0.3) is 0 Å². The zero-order chi connectivity index (χ0) is 13.8. The summed E-state index contributed by atoms with van der Waals surface area (Å²) in [6, 6.07) is 0. The maximum absolute atomic E-state index is 8.58. The second-order valence-electron chi connectivity index (χ2n) is 3.65. The second-order valence-corrected chi connectivity index (χ2v) is 3.91. The fourth-order valence-electron chi connectivity index (χ4n) is 1.08. The molecule has 0 rings (SSSR count). The van der Waals surface area contributed by atoms with Gasteiger partial charge in [-0.05, 0) is 12.8 Å². The standard InChI is InChI=1S/2C6H14O.H2O.O.V/c2*1-2-3-4-5-6-7;;;/h2*7H,2-6H2,1H3;1H2;;/q;;;;+1/p-1. The molecule has 0 unspecified atom stereocenters. The van der Waals surface area contributed by atoms with Gasteiger partial charge in [-0.25, -0.2) is 0 Å². The minimum atomic E-state index is -1.56. The molecule has 0 atom stereocenters. The van der Waals surface area contributed by atoms with E-state index in [1.807, 2.05) is 0 Å². The SMILES string of the molecule is CCCCCCO.CCCCCCO.[O]=[V][OH]. The van der Waals surface area contributed by atoms with Crippen molar-refractivity contribution in [3.05, 3.63) is 0 Å². The molecular formula is C12H29O4V. The molecule has 0 heterocycles. The van der Waals surface area contributed by atoms with Crippen LogP contribution in [0.3, 0.4) is 0 Å². The van der Waals surface area contributed by atoms with E-state index >= 15 is 0 Å². The molecule has 0 aliphatic heterocycles. The normalized spacial score (nSPS) is 8.53. The van der Waals surface area contributed by atoms with Crippen molar-refractivity contribution in [2.75, 3.05) is 13.2 Å². The molecule has 106 valence electrons. The number of hydrogen-bond acceptors (Lipinski definition) is 3. The van der Waals surface area contributed by atoms with Crippen molar-refractivity contribution < 1.29 is 34.5 Å². The Morgan fingerprint density at radius 2 is 1.06 bits per heavy atom. The molecule has 0 aromatic rings. The summed E-state index contributed by atoms with van der Waals surface area (Å²) in [4.78, 5) is 0. The minimum absolute atomic E-state index is 0.361. The van der Waals surface area contributed by atoms with Gasteiger partial charge in [-0.1, -0.05) is 52.4 Å². The van der Waals surface area contributed by atoms with Gasteiger partial charge in [-0.3, -0.25) is 0 Å². The predicted molar refractivity (Wildman–Crippen MR) is 65.4 cm³/mol. The summed E-state index contributed by atoms with van der Waals surface area (Å²) < 4.78 is 15.7. The predicted octanol–water partition coefficient (Wildman–Crippen LogP) is 2.44. The number of rotatable bonds is 8. The van der Waals surface area contributed by atoms with Gasteiger partial charge >= 0.3 is 24.3 Å². The third kappa shape index (κ3) is 48.5. The first kappa shape index (κ1) is 22.4. The molecule has 0 aromatic heterocycles. The summed E-state index contributed by atoms with van der Waals surface area (Å²) in [6.07, 6.45) is 9.36. The summed E-state index contributed by atoms with van der Waals surface area (Å²) in [7, 11) is 0. The Labute approximate surface area is 113 Å². The first-order valence-electron chi connectivity index (χ1n) is 6.43. The van der Waals surface area contributed by atoms with E-state index in [2.05, 4.69) is 13.8 Å². The maximum atomic E-state index is 8.58. The van der Waals surface area contributed by atoms with E-state index in [0.717, 1.165) is 12.8 Å². The van der Waals surface area contributed by atoms with Crippen LogP contribution in [0.4, 0.5) is 0 Å². The van der Waals surface area contributed by atoms with Gasteiger partial charge in [-0.15, -0.1) is 0 Å². The zero-order valence-electron chi connectivity index (χ0n) is 11.3. The third-order valence-electron chi connectivity index (χ3n) is 2.02. The Balaban J connectivity index is -0.000000188. The van der Waals surface area contributed by atoms with Crippen LogP contribution in [-0.2, 0) is 20.3 Å². The molecule has 3 N–H and O–H groups in total. The van der Waals surface area contributed by atoms with E-state index in [1.54, 1.807) is 0 Å². The molecular weight excluding hydrogens is 259 g/mol. The van der Waals surface area contributed by atoms with Crippen molar-refractivity contribution in [2.24, 2.45) is 0 Å². The monoisotopic (exact) mass is 288 g/mol. The van der Waals surface area contributed by atoms with Crippen molar-refractivity contribution in [1.82, 2.24) is 0 Å². The number of hydrogen-bond donors (Lipinski definition) is 3. The molecule has 17 heavy (non-hydrogen) atoms. The van der Waals surface area contributed by atoms with E-state index in [0.29, 0.717) is 13.2 Å². The quantitative estimate of drug-likeness (QED) is 0.599. The first-order valence-corrected chi connectivity index (χ1v) is 7.62. The summed E-state index contributed by atoms with van der Waals surface area (Å²) in [5.74, 6) is 0. The molecule has 0 aliphatic rings. The zero-order valence-corrected chi connectivity index (χ0v) is 12.7. The van der Waals surface area contributed by atoms with Crippen molar-refractivity contribution in [3.8, 4) is 0 Å². The van der Waals surface area contributed by atoms with Gasteiger partial charge in [0.25, 0.3) is 0 Å². The molecule has 0 aliphatic carbocycles. The molecule has 4 nitrogen and oxygen atoms in total. The van der Waals surface area contributed by atoms with Gasteiger partial charge in [0.05, 0.1) is 0 Å². The van der Waals surface area contributed by atoms with Crippen molar-refractivity contribution in [3.63, 3.8) is 0 Å². The molecule has 0 radical (unpaired) electrons. The van der Waals surface area contributed by atoms with Crippen LogP contribution >= 0.6 is 0 Å². The van der Waals surface area contributed by atoms with Crippen LogP contribution in [-0.4, -0.2) is 27.5 Å². The molecule has 0 aromatic carbocycles. The first-order chi connectivity index (χ1) is 8.24. The Kier molecular flexibility index (Phi) is 39.4. The van der Waals surface area contributed by atoms with Crippen LogP contribution in [0.5, 0.6) is 0 Å². The van der Waals surface area contributed by atoms with E-state index in [-0.39, 0.29) is 0 Å². The molecule has 0 saturated carbocycles. The Hall–Kier alpha value is 0.264. The third-order valence-corrected chi connectivity index (χ3v) is 2.02. The topological polar surface area (TPSA) is 77.8 Å². The van der Waals surface area contributed by atoms with Crippen molar-refractivity contribution in [2.45, 2.75) is 65.2 Å². The molecule has 0 saturated heterocycles. The van der Waals surface area contributed by atoms with Gasteiger partial charge in [0.2, 0.25) is 0 Å². The molecule has 5 heteroatoms. The van der Waals surface area contributed by atoms with E-state index in [9.17, 15) is 0 Å². The summed E-state index contributed by atoms with van der Waals surface area (Å²) >= 11 is -1.56. The summed E-state index contributed by atoms with van der Waals surface area (Å²) in [6.45, 7) is 5.05. The van der Waals surface area contributed by atoms with Crippen molar-refractivity contribution in [1.29, 1.82) is 0 Å². The second kappa shape index (κ2) is 29.9. The van der Waals surface area contributed by atoms with Gasteiger partial charge in [0.15, 0.2) is 0 Å². The average molecular weight is 288 g/mol.